The van der Waals surface area contributed by atoms with E-state index in [9.17, 15) is 10.4 Å². The number of aryl methyl sites for hydroxylation is 1. The number of nitrogens with zero attached hydrogens (tertiary/aromatic N) is 2. The molecule has 0 aliphatic rings. The zero-order chi connectivity index (χ0) is 18.7. The van der Waals surface area contributed by atoms with Gasteiger partial charge in [-0.05, 0) is 41.8 Å². The predicted molar refractivity (Wildman–Crippen MR) is 106 cm³/mol. The second-order valence-electron chi connectivity index (χ2n) is 5.92. The van der Waals surface area contributed by atoms with Crippen LogP contribution in [0.1, 0.15) is 29.2 Å². The molecular weight excluding hydrogens is 369 g/mol. The van der Waals surface area contributed by atoms with E-state index in [1.165, 1.54) is 0 Å². The van der Waals surface area contributed by atoms with E-state index in [0.717, 1.165) is 34.1 Å². The maximum Gasteiger partial charge on any atom is 0.0991 e. The fraction of sp³-hybridized carbons (Fsp3) is 0.200. The topological polar surface area (TPSA) is 68.9 Å². The van der Waals surface area contributed by atoms with Crippen LogP contribution in [0.4, 0.5) is 5.69 Å². The minimum absolute atomic E-state index is 0.148. The molecule has 1 heterocycles. The number of nitrogens with one attached hydrogen (secondary N) is 1. The number of pyridine rings is 1. The molecule has 6 heteroatoms. The van der Waals surface area contributed by atoms with Crippen molar-refractivity contribution < 1.29 is 5.11 Å². The van der Waals surface area contributed by atoms with Crippen LogP contribution in [0.15, 0.2) is 36.5 Å². The van der Waals surface area contributed by atoms with E-state index in [0.29, 0.717) is 27.7 Å². The van der Waals surface area contributed by atoms with Crippen LogP contribution in [0, 0.1) is 11.3 Å². The third-order valence-corrected chi connectivity index (χ3v) is 5.00. The monoisotopic (exact) mass is 385 g/mol. The standard InChI is InChI=1S/C20H17Cl2N3O/c1-2-14-5-13(8-23)6-16-19(14)25-10-15(11-26)20(16)24-9-12-3-4-17(21)18(22)7-12/h3-7,10,26H,2,9,11H2,1H3,(H,24,25). The molecule has 1 aromatic heterocycles. The van der Waals surface area contributed by atoms with Crippen LogP contribution in [-0.4, -0.2) is 10.1 Å². The lowest BCUT2D eigenvalue weighted by Crippen LogP contribution is -2.05. The van der Waals surface area contributed by atoms with Crippen LogP contribution in [0.25, 0.3) is 10.9 Å². The summed E-state index contributed by atoms with van der Waals surface area (Å²) in [6.45, 7) is 2.38. The van der Waals surface area contributed by atoms with E-state index in [1.54, 1.807) is 24.4 Å². The van der Waals surface area contributed by atoms with Gasteiger partial charge in [-0.3, -0.25) is 4.98 Å². The van der Waals surface area contributed by atoms with Gasteiger partial charge in [0.2, 0.25) is 0 Å². The molecule has 0 saturated carbocycles. The summed E-state index contributed by atoms with van der Waals surface area (Å²) in [5.41, 5.74) is 4.82. The summed E-state index contributed by atoms with van der Waals surface area (Å²) in [5.74, 6) is 0. The summed E-state index contributed by atoms with van der Waals surface area (Å²) in [4.78, 5) is 4.49. The van der Waals surface area contributed by atoms with Crippen LogP contribution in [-0.2, 0) is 19.6 Å². The van der Waals surface area contributed by atoms with Gasteiger partial charge in [0, 0.05) is 23.7 Å². The van der Waals surface area contributed by atoms with E-state index in [4.69, 9.17) is 23.2 Å². The van der Waals surface area contributed by atoms with Crippen LogP contribution < -0.4 is 5.32 Å². The molecule has 0 radical (unpaired) electrons. The number of aromatic nitrogens is 1. The SMILES string of the molecule is CCc1cc(C#N)cc2c(NCc3ccc(Cl)c(Cl)c3)c(CO)cnc12. The molecule has 2 N–H and O–H groups in total. The molecule has 4 nitrogen and oxygen atoms in total. The van der Waals surface area contributed by atoms with Crippen molar-refractivity contribution in [1.29, 1.82) is 5.26 Å². The highest BCUT2D eigenvalue weighted by molar-refractivity contribution is 6.42. The van der Waals surface area contributed by atoms with Crippen LogP contribution in [0.2, 0.25) is 10.0 Å². The van der Waals surface area contributed by atoms with Crippen molar-refractivity contribution in [3.63, 3.8) is 0 Å². The number of anilines is 1. The van der Waals surface area contributed by atoms with E-state index >= 15 is 0 Å². The Bertz CT molecular complexity index is 1010. The lowest BCUT2D eigenvalue weighted by Gasteiger charge is -2.16. The molecule has 0 spiro atoms. The average Bonchev–Trinajstić information content (AvgIpc) is 2.67. The lowest BCUT2D eigenvalue weighted by molar-refractivity contribution is 0.282. The number of hydrogen-bond donors (Lipinski definition) is 2. The molecule has 0 aliphatic carbocycles. The number of nitriles is 1. The van der Waals surface area contributed by atoms with E-state index < -0.39 is 0 Å². The summed E-state index contributed by atoms with van der Waals surface area (Å²) >= 11 is 12.0. The Labute approximate surface area is 162 Å². The van der Waals surface area contributed by atoms with Gasteiger partial charge in [-0.25, -0.2) is 0 Å². The van der Waals surface area contributed by atoms with Gasteiger partial charge in [0.15, 0.2) is 0 Å². The number of halogens is 2. The quantitative estimate of drug-likeness (QED) is 0.642. The highest BCUT2D eigenvalue weighted by Crippen LogP contribution is 2.31. The molecule has 0 fully saturated rings. The molecule has 0 unspecified atom stereocenters. The Hall–Kier alpha value is -2.32. The first-order valence-electron chi connectivity index (χ1n) is 8.20. The summed E-state index contributed by atoms with van der Waals surface area (Å²) in [6.07, 6.45) is 2.44. The Balaban J connectivity index is 2.07. The molecule has 0 aliphatic heterocycles. The number of rotatable bonds is 5. The van der Waals surface area contributed by atoms with Crippen molar-refractivity contribution >= 4 is 39.8 Å². The normalized spacial score (nSPS) is 10.7. The van der Waals surface area contributed by atoms with Gasteiger partial charge in [-0.2, -0.15) is 5.26 Å². The second-order valence-corrected chi connectivity index (χ2v) is 6.73. The fourth-order valence-corrected chi connectivity index (χ4v) is 3.24. The van der Waals surface area contributed by atoms with Gasteiger partial charge in [0.05, 0.1) is 39.5 Å². The van der Waals surface area contributed by atoms with Crippen molar-refractivity contribution in [2.45, 2.75) is 26.5 Å². The van der Waals surface area contributed by atoms with E-state index in [2.05, 4.69) is 16.4 Å². The maximum absolute atomic E-state index is 9.73. The first-order valence-corrected chi connectivity index (χ1v) is 8.96. The molecular formula is C20H17Cl2N3O. The van der Waals surface area contributed by atoms with Gasteiger partial charge in [0.25, 0.3) is 0 Å². The molecule has 0 amide bonds. The zero-order valence-electron chi connectivity index (χ0n) is 14.2. The van der Waals surface area contributed by atoms with Gasteiger partial charge < -0.3 is 10.4 Å². The lowest BCUT2D eigenvalue weighted by atomic mass is 10.0. The number of aliphatic hydroxyl groups excluding tert-OH is 1. The van der Waals surface area contributed by atoms with E-state index in [-0.39, 0.29) is 6.61 Å². The number of fused-ring (bicyclic) bond motifs is 1. The van der Waals surface area contributed by atoms with E-state index in [1.807, 2.05) is 19.1 Å². The van der Waals surface area contributed by atoms with Crippen LogP contribution in [0.5, 0.6) is 0 Å². The maximum atomic E-state index is 9.73. The highest BCUT2D eigenvalue weighted by atomic mass is 35.5. The van der Waals surface area contributed by atoms with Gasteiger partial charge in [-0.1, -0.05) is 36.2 Å². The first kappa shape index (κ1) is 18.5. The summed E-state index contributed by atoms with van der Waals surface area (Å²) in [7, 11) is 0. The summed E-state index contributed by atoms with van der Waals surface area (Å²) in [6, 6.07) is 11.3. The fourth-order valence-electron chi connectivity index (χ4n) is 2.92. The van der Waals surface area contributed by atoms with Crippen molar-refractivity contribution in [1.82, 2.24) is 4.98 Å². The molecule has 26 heavy (non-hydrogen) atoms. The molecule has 0 saturated heterocycles. The second kappa shape index (κ2) is 7.92. The first-order chi connectivity index (χ1) is 12.6. The predicted octanol–water partition coefficient (Wildman–Crippen LogP) is 5.08. The van der Waals surface area contributed by atoms with Crippen LogP contribution in [0.3, 0.4) is 0 Å². The average molecular weight is 386 g/mol. The largest absolute Gasteiger partial charge is 0.392 e. The molecule has 2 aromatic carbocycles. The summed E-state index contributed by atoms with van der Waals surface area (Å²) in [5, 5.41) is 24.2. The number of benzene rings is 2. The molecule has 132 valence electrons. The number of aliphatic hydroxyl groups is 1. The minimum atomic E-state index is -0.148. The van der Waals surface area contributed by atoms with Crippen molar-refractivity contribution in [2.75, 3.05) is 5.32 Å². The Kier molecular flexibility index (Phi) is 5.63. The Morgan fingerprint density at radius 2 is 1.96 bits per heavy atom. The molecule has 0 bridgehead atoms. The molecule has 3 aromatic rings. The van der Waals surface area contributed by atoms with Gasteiger partial charge in [-0.15, -0.1) is 0 Å². The Morgan fingerprint density at radius 1 is 1.15 bits per heavy atom. The number of hydrogen-bond acceptors (Lipinski definition) is 4. The zero-order valence-corrected chi connectivity index (χ0v) is 15.7. The third-order valence-electron chi connectivity index (χ3n) is 4.26. The Morgan fingerprint density at radius 3 is 2.62 bits per heavy atom. The molecule has 3 rings (SSSR count). The summed E-state index contributed by atoms with van der Waals surface area (Å²) < 4.78 is 0. The van der Waals surface area contributed by atoms with Gasteiger partial charge >= 0.3 is 0 Å². The molecule has 0 atom stereocenters. The van der Waals surface area contributed by atoms with Crippen molar-refractivity contribution in [2.24, 2.45) is 0 Å². The smallest absolute Gasteiger partial charge is 0.0991 e. The van der Waals surface area contributed by atoms with Gasteiger partial charge in [0.1, 0.15) is 0 Å². The van der Waals surface area contributed by atoms with Crippen molar-refractivity contribution in [3.8, 4) is 6.07 Å². The highest BCUT2D eigenvalue weighted by Gasteiger charge is 2.13. The van der Waals surface area contributed by atoms with Crippen molar-refractivity contribution in [3.05, 3.63) is 68.8 Å². The third kappa shape index (κ3) is 3.61. The van der Waals surface area contributed by atoms with Crippen LogP contribution >= 0.6 is 23.2 Å². The minimum Gasteiger partial charge on any atom is -0.392 e.